The Labute approximate surface area is 395 Å². The molecule has 0 saturated carbocycles. The van der Waals surface area contributed by atoms with Crippen molar-refractivity contribution >= 4 is 0 Å². The fourth-order valence-electron chi connectivity index (χ4n) is 8.50. The number of aryl methyl sites for hydroxylation is 5. The van der Waals surface area contributed by atoms with E-state index in [4.69, 9.17) is 9.97 Å². The molecule has 0 saturated heterocycles. The Morgan fingerprint density at radius 1 is 0.415 bits per heavy atom. The first kappa shape index (κ1) is 43.0. The molecule has 0 fully saturated rings. The van der Waals surface area contributed by atoms with Crippen molar-refractivity contribution < 1.29 is 20.1 Å². The van der Waals surface area contributed by atoms with Gasteiger partial charge in [-0.2, -0.15) is 0 Å². The zero-order valence-electron chi connectivity index (χ0n) is 36.1. The number of pyridine rings is 2. The van der Waals surface area contributed by atoms with Gasteiger partial charge in [-0.15, -0.1) is 107 Å². The maximum Gasteiger partial charge on any atom is 3.00 e. The molecule has 10 rings (SSSR count). The molecule has 0 amide bonds. The van der Waals surface area contributed by atoms with Gasteiger partial charge in [0.25, 0.3) is 0 Å². The van der Waals surface area contributed by atoms with Crippen LogP contribution < -0.4 is 0 Å². The molecule has 3 aromatic heterocycles. The molecule has 314 valence electrons. The molecule has 0 aliphatic rings. The number of hydrogen-bond acceptors (Lipinski definition) is 3. The van der Waals surface area contributed by atoms with E-state index in [0.717, 1.165) is 81.8 Å². The Morgan fingerprint density at radius 3 is 1.68 bits per heavy atom. The molecule has 10 aromatic rings. The van der Waals surface area contributed by atoms with Crippen LogP contribution in [0.4, 0.5) is 0 Å². The van der Waals surface area contributed by atoms with E-state index in [1.165, 1.54) is 44.5 Å². The first-order valence-corrected chi connectivity index (χ1v) is 21.9. The zero-order chi connectivity index (χ0) is 43.1. The summed E-state index contributed by atoms with van der Waals surface area (Å²) in [5.74, 6) is 0.918. The Hall–Kier alpha value is -7.30. The smallest absolute Gasteiger partial charge is 0.373 e. The van der Waals surface area contributed by atoms with Crippen LogP contribution in [-0.4, -0.2) is 19.5 Å². The molecule has 0 radical (unpaired) electrons. The average Bonchev–Trinajstić information content (AvgIpc) is 3.81. The van der Waals surface area contributed by atoms with Gasteiger partial charge in [-0.25, -0.2) is 0 Å². The van der Waals surface area contributed by atoms with Crippen molar-refractivity contribution in [1.82, 2.24) is 19.5 Å². The molecule has 5 heteroatoms. The Bertz CT molecular complexity index is 3130. The van der Waals surface area contributed by atoms with Gasteiger partial charge in [-0.05, 0) is 86.3 Å². The van der Waals surface area contributed by atoms with Gasteiger partial charge in [-0.1, -0.05) is 122 Å². The predicted molar refractivity (Wildman–Crippen MR) is 261 cm³/mol. The van der Waals surface area contributed by atoms with Gasteiger partial charge >= 0.3 is 20.1 Å². The van der Waals surface area contributed by atoms with E-state index in [0.29, 0.717) is 0 Å². The van der Waals surface area contributed by atoms with E-state index in [1.54, 1.807) is 0 Å². The molecule has 0 aliphatic carbocycles. The maximum atomic E-state index is 5.08. The van der Waals surface area contributed by atoms with Crippen LogP contribution >= 0.6 is 0 Å². The first-order valence-electron chi connectivity index (χ1n) is 21.9. The summed E-state index contributed by atoms with van der Waals surface area (Å²) < 4.78 is 2.03. The molecule has 3 heterocycles. The molecule has 0 aliphatic heterocycles. The number of hydrogen-bond donors (Lipinski definition) is 0. The summed E-state index contributed by atoms with van der Waals surface area (Å²) in [6.45, 7) is 0. The number of imidazole rings is 1. The zero-order valence-corrected chi connectivity index (χ0v) is 38.5. The van der Waals surface area contributed by atoms with Crippen molar-refractivity contribution in [3.05, 3.63) is 247 Å². The monoisotopic (exact) mass is 1010 g/mol. The molecular weight excluding hydrogens is 969 g/mol. The molecular formula is C60H45IrN4. The molecule has 0 unspecified atom stereocenters. The van der Waals surface area contributed by atoms with Crippen LogP contribution in [0.3, 0.4) is 0 Å². The topological polar surface area (TPSA) is 43.6 Å². The van der Waals surface area contributed by atoms with E-state index in [9.17, 15) is 0 Å². The van der Waals surface area contributed by atoms with Gasteiger partial charge in [0.15, 0.2) is 0 Å². The minimum atomic E-state index is 0. The van der Waals surface area contributed by atoms with E-state index in [2.05, 4.69) is 175 Å². The van der Waals surface area contributed by atoms with Crippen LogP contribution in [0.15, 0.2) is 207 Å². The largest absolute Gasteiger partial charge is 3.00 e. The Balaban J connectivity index is 0.00000533. The van der Waals surface area contributed by atoms with E-state index >= 15 is 0 Å². The van der Waals surface area contributed by atoms with Crippen molar-refractivity contribution in [3.63, 3.8) is 0 Å². The van der Waals surface area contributed by atoms with Crippen molar-refractivity contribution in [3.8, 4) is 78.4 Å². The first-order chi connectivity index (χ1) is 31.6. The third-order valence-electron chi connectivity index (χ3n) is 11.9. The number of rotatable bonds is 13. The van der Waals surface area contributed by atoms with Crippen LogP contribution in [0.1, 0.15) is 22.3 Å². The third-order valence-corrected chi connectivity index (χ3v) is 11.9. The summed E-state index contributed by atoms with van der Waals surface area (Å²) in [6, 6.07) is 74.6. The SMILES string of the molecule is Cn1ccnc1-c1[c-]cc(CCc2cc(CCc3ccc(-c4[c-]cccc4)nc3)cc(-c3ccccc3-c3cnc(-c4[c-]cccc4)cc3-c3ccc(-c4ccccc4)cc3)c2)cc1.[Ir+3]. The molecule has 0 spiro atoms. The van der Waals surface area contributed by atoms with Crippen LogP contribution in [0.2, 0.25) is 0 Å². The average molecular weight is 1010 g/mol. The van der Waals surface area contributed by atoms with Crippen molar-refractivity contribution in [2.45, 2.75) is 25.7 Å². The van der Waals surface area contributed by atoms with Gasteiger partial charge in [0.1, 0.15) is 0 Å². The second kappa shape index (κ2) is 20.0. The number of aromatic nitrogens is 4. The molecule has 65 heavy (non-hydrogen) atoms. The molecule has 4 nitrogen and oxygen atoms in total. The number of nitrogens with zero attached hydrogens (tertiary/aromatic N) is 4. The summed E-state index contributed by atoms with van der Waals surface area (Å²) in [6.07, 6.45) is 11.4. The van der Waals surface area contributed by atoms with Crippen molar-refractivity contribution in [1.29, 1.82) is 0 Å². The fraction of sp³-hybridized carbons (Fsp3) is 0.0833. The predicted octanol–water partition coefficient (Wildman–Crippen LogP) is 13.8. The van der Waals surface area contributed by atoms with E-state index in [-0.39, 0.29) is 20.1 Å². The minimum Gasteiger partial charge on any atom is -0.373 e. The normalized spacial score (nSPS) is 11.0. The van der Waals surface area contributed by atoms with Gasteiger partial charge in [-0.3, -0.25) is 4.98 Å². The number of benzene rings is 7. The standard InChI is InChI=1S/C60H45N4.Ir/c1-64-36-35-61-60(64)52-28-25-43(26-29-52)21-23-45-37-46(24-22-44-27-34-58(62-41-44)50-15-7-3-8-16-50)39-53(38-45)54-19-11-12-20-55(54)57-42-63-59(51-17-9-4-10-18-51)40-56(57)49-32-30-48(31-33-49)47-13-5-2-6-14-47;/h2-15,17,19-20,25-28,30-42H,21-24H2,1H3;/q-3;+3. The summed E-state index contributed by atoms with van der Waals surface area (Å²) >= 11 is 0. The quantitative estimate of drug-likeness (QED) is 0.108. The molecule has 7 aromatic carbocycles. The Morgan fingerprint density at radius 2 is 1.03 bits per heavy atom. The Kier molecular flexibility index (Phi) is 13.2. The van der Waals surface area contributed by atoms with Gasteiger partial charge in [0.05, 0.1) is 5.82 Å². The van der Waals surface area contributed by atoms with E-state index < -0.39 is 0 Å². The summed E-state index contributed by atoms with van der Waals surface area (Å²) in [4.78, 5) is 14.4. The molecule has 0 N–H and O–H groups in total. The summed E-state index contributed by atoms with van der Waals surface area (Å²) in [5.41, 5.74) is 19.1. The van der Waals surface area contributed by atoms with Gasteiger partial charge in [0.2, 0.25) is 0 Å². The van der Waals surface area contributed by atoms with E-state index in [1.807, 2.05) is 66.6 Å². The summed E-state index contributed by atoms with van der Waals surface area (Å²) in [5, 5.41) is 0. The second-order valence-electron chi connectivity index (χ2n) is 16.2. The third kappa shape index (κ3) is 9.93. The molecule has 0 bridgehead atoms. The van der Waals surface area contributed by atoms with Crippen molar-refractivity contribution in [2.75, 3.05) is 0 Å². The maximum absolute atomic E-state index is 5.08. The minimum absolute atomic E-state index is 0. The van der Waals surface area contributed by atoms with Crippen LogP contribution in [-0.2, 0) is 52.8 Å². The second-order valence-corrected chi connectivity index (χ2v) is 16.2. The summed E-state index contributed by atoms with van der Waals surface area (Å²) in [7, 11) is 2.01. The van der Waals surface area contributed by atoms with Gasteiger partial charge in [0, 0.05) is 37.4 Å². The fourth-order valence-corrected chi connectivity index (χ4v) is 8.50. The van der Waals surface area contributed by atoms with Gasteiger partial charge < -0.3 is 14.5 Å². The molecule has 0 atom stereocenters. The van der Waals surface area contributed by atoms with Crippen molar-refractivity contribution in [2.24, 2.45) is 7.05 Å². The van der Waals surface area contributed by atoms with Crippen LogP contribution in [0.25, 0.3) is 78.4 Å². The van der Waals surface area contributed by atoms with Crippen LogP contribution in [0.5, 0.6) is 0 Å². The van der Waals surface area contributed by atoms with Crippen LogP contribution in [0, 0.1) is 18.2 Å².